The van der Waals surface area contributed by atoms with Crippen LogP contribution in [0.3, 0.4) is 0 Å². The summed E-state index contributed by atoms with van der Waals surface area (Å²) >= 11 is 0. The van der Waals surface area contributed by atoms with Gasteiger partial charge in [-0.1, -0.05) is 55.5 Å². The molecule has 3 aromatic carbocycles. The van der Waals surface area contributed by atoms with E-state index in [4.69, 9.17) is 14.6 Å². The molecule has 36 heavy (non-hydrogen) atoms. The van der Waals surface area contributed by atoms with Crippen LogP contribution in [0, 0.1) is 0 Å². The Kier molecular flexibility index (Phi) is 7.79. The molecule has 186 valence electrons. The molecule has 1 aromatic heterocycles. The van der Waals surface area contributed by atoms with Crippen LogP contribution in [0.1, 0.15) is 55.5 Å². The number of rotatable bonds is 9. The summed E-state index contributed by atoms with van der Waals surface area (Å²) < 4.78 is 13.9. The Morgan fingerprint density at radius 2 is 1.81 bits per heavy atom. The van der Waals surface area contributed by atoms with Gasteiger partial charge in [0.05, 0.1) is 11.7 Å². The van der Waals surface area contributed by atoms with Gasteiger partial charge in [0.25, 0.3) is 0 Å². The maximum absolute atomic E-state index is 6.01. The van der Waals surface area contributed by atoms with E-state index in [0.717, 1.165) is 49.1 Å². The van der Waals surface area contributed by atoms with Gasteiger partial charge in [-0.15, -0.1) is 0 Å². The molecule has 1 atom stereocenters. The minimum absolute atomic E-state index is 0.0306. The summed E-state index contributed by atoms with van der Waals surface area (Å²) in [6, 6.07) is 25.9. The molecule has 0 amide bonds. The number of nitrogens with one attached hydrogen (secondary N) is 1. The van der Waals surface area contributed by atoms with Gasteiger partial charge in [-0.3, -0.25) is 0 Å². The standard InChI is InChI=1S/C31H35N3O2/c1-3-28(23-9-5-4-6-10-23)31(24-12-15-27(16-13-24)35-20-18-32-2)25-14-17-29-26(21-25)22-33-34(29)30-11-7-8-19-36-30/h4-6,9-10,12-17,21-22,30,32H,3,7-8,11,18-20H2,1-2H3/b31-28+. The zero-order valence-corrected chi connectivity index (χ0v) is 21.2. The number of allylic oxidation sites excluding steroid dienone is 1. The number of nitrogens with zero attached hydrogens (tertiary/aromatic N) is 2. The van der Waals surface area contributed by atoms with Gasteiger partial charge in [0.15, 0.2) is 6.23 Å². The summed E-state index contributed by atoms with van der Waals surface area (Å²) in [5.41, 5.74) is 7.30. The average Bonchev–Trinajstić information content (AvgIpc) is 3.37. The fraction of sp³-hybridized carbons (Fsp3) is 0.323. The lowest BCUT2D eigenvalue weighted by Crippen LogP contribution is -2.18. The number of hydrogen-bond acceptors (Lipinski definition) is 4. The summed E-state index contributed by atoms with van der Waals surface area (Å²) in [5.74, 6) is 0.885. The molecule has 0 bridgehead atoms. The van der Waals surface area contributed by atoms with Crippen LogP contribution in [0.15, 0.2) is 79.0 Å². The largest absolute Gasteiger partial charge is 0.492 e. The molecule has 0 radical (unpaired) electrons. The summed E-state index contributed by atoms with van der Waals surface area (Å²) in [5, 5.41) is 8.97. The molecule has 2 heterocycles. The first-order valence-corrected chi connectivity index (χ1v) is 13.0. The molecule has 1 fully saturated rings. The SMILES string of the molecule is CC/C(=C(/c1ccc(OCCNC)cc1)c1ccc2c(cnn2C2CCCCO2)c1)c1ccccc1. The Balaban J connectivity index is 1.57. The van der Waals surface area contributed by atoms with E-state index in [1.54, 1.807) is 0 Å². The summed E-state index contributed by atoms with van der Waals surface area (Å²) in [7, 11) is 1.93. The van der Waals surface area contributed by atoms with Crippen LogP contribution >= 0.6 is 0 Å². The van der Waals surface area contributed by atoms with E-state index in [-0.39, 0.29) is 6.23 Å². The second-order valence-corrected chi connectivity index (χ2v) is 9.23. The lowest BCUT2D eigenvalue weighted by molar-refractivity contribution is -0.0366. The summed E-state index contributed by atoms with van der Waals surface area (Å²) in [4.78, 5) is 0. The highest BCUT2D eigenvalue weighted by Gasteiger charge is 2.20. The van der Waals surface area contributed by atoms with E-state index < -0.39 is 0 Å². The van der Waals surface area contributed by atoms with Crippen molar-refractivity contribution in [3.8, 4) is 5.75 Å². The molecule has 0 spiro atoms. The van der Waals surface area contributed by atoms with Crippen molar-refractivity contribution < 1.29 is 9.47 Å². The smallest absolute Gasteiger partial charge is 0.150 e. The number of hydrogen-bond donors (Lipinski definition) is 1. The summed E-state index contributed by atoms with van der Waals surface area (Å²) in [6.07, 6.45) is 6.26. The van der Waals surface area contributed by atoms with Crippen LogP contribution in [-0.4, -0.2) is 36.6 Å². The van der Waals surface area contributed by atoms with Gasteiger partial charge in [-0.05, 0) is 84.8 Å². The Labute approximate surface area is 213 Å². The van der Waals surface area contributed by atoms with Crippen molar-refractivity contribution in [1.29, 1.82) is 0 Å². The van der Waals surface area contributed by atoms with Gasteiger partial charge in [-0.25, -0.2) is 4.68 Å². The van der Waals surface area contributed by atoms with Crippen LogP contribution in [0.25, 0.3) is 22.0 Å². The second-order valence-electron chi connectivity index (χ2n) is 9.23. The van der Waals surface area contributed by atoms with Crippen molar-refractivity contribution in [3.05, 3.63) is 95.7 Å². The average molecular weight is 482 g/mol. The van der Waals surface area contributed by atoms with Crippen LogP contribution < -0.4 is 10.1 Å². The van der Waals surface area contributed by atoms with Gasteiger partial charge in [0.2, 0.25) is 0 Å². The van der Waals surface area contributed by atoms with Crippen LogP contribution in [0.5, 0.6) is 5.75 Å². The molecule has 1 aliphatic rings. The Morgan fingerprint density at radius 3 is 2.53 bits per heavy atom. The second kappa shape index (κ2) is 11.5. The number of fused-ring (bicyclic) bond motifs is 1. The van der Waals surface area contributed by atoms with Crippen LogP contribution in [0.4, 0.5) is 0 Å². The third-order valence-electron chi connectivity index (χ3n) is 6.85. The van der Waals surface area contributed by atoms with Crippen molar-refractivity contribution in [2.24, 2.45) is 0 Å². The quantitative estimate of drug-likeness (QED) is 0.213. The van der Waals surface area contributed by atoms with Gasteiger partial charge < -0.3 is 14.8 Å². The van der Waals surface area contributed by atoms with E-state index in [1.807, 2.05) is 13.2 Å². The summed E-state index contributed by atoms with van der Waals surface area (Å²) in [6.45, 7) is 4.51. The molecule has 0 saturated carbocycles. The lowest BCUT2D eigenvalue weighted by atomic mass is 9.88. The number of aromatic nitrogens is 2. The van der Waals surface area contributed by atoms with Crippen LogP contribution in [-0.2, 0) is 4.74 Å². The van der Waals surface area contributed by atoms with Gasteiger partial charge >= 0.3 is 0 Å². The third-order valence-corrected chi connectivity index (χ3v) is 6.85. The monoisotopic (exact) mass is 481 g/mol. The number of ether oxygens (including phenoxy) is 2. The zero-order valence-electron chi connectivity index (χ0n) is 21.2. The molecule has 5 heteroatoms. The highest BCUT2D eigenvalue weighted by Crippen LogP contribution is 2.37. The molecular weight excluding hydrogens is 446 g/mol. The van der Waals surface area contributed by atoms with Crippen LogP contribution in [0.2, 0.25) is 0 Å². The molecule has 1 saturated heterocycles. The number of likely N-dealkylation sites (N-methyl/N-ethyl adjacent to an activating group) is 1. The Morgan fingerprint density at radius 1 is 1.00 bits per heavy atom. The fourth-order valence-electron chi connectivity index (χ4n) is 5.02. The molecule has 0 aliphatic carbocycles. The first kappa shape index (κ1) is 24.3. The van der Waals surface area contributed by atoms with Crippen molar-refractivity contribution in [2.75, 3.05) is 26.8 Å². The Bertz CT molecular complexity index is 1300. The first-order valence-electron chi connectivity index (χ1n) is 13.0. The highest BCUT2D eigenvalue weighted by molar-refractivity contribution is 6.00. The third kappa shape index (κ3) is 5.23. The molecule has 5 nitrogen and oxygen atoms in total. The van der Waals surface area contributed by atoms with E-state index in [2.05, 4.69) is 89.7 Å². The van der Waals surface area contributed by atoms with E-state index in [9.17, 15) is 0 Å². The molecule has 4 aromatic rings. The van der Waals surface area contributed by atoms with E-state index in [1.165, 1.54) is 34.3 Å². The number of benzene rings is 3. The van der Waals surface area contributed by atoms with Gasteiger partial charge in [0.1, 0.15) is 12.4 Å². The lowest BCUT2D eigenvalue weighted by Gasteiger charge is -2.23. The minimum atomic E-state index is 0.0306. The molecular formula is C31H35N3O2. The van der Waals surface area contributed by atoms with E-state index >= 15 is 0 Å². The van der Waals surface area contributed by atoms with Crippen molar-refractivity contribution in [1.82, 2.24) is 15.1 Å². The minimum Gasteiger partial charge on any atom is -0.492 e. The van der Waals surface area contributed by atoms with E-state index in [0.29, 0.717) is 6.61 Å². The van der Waals surface area contributed by atoms with Gasteiger partial charge in [-0.2, -0.15) is 5.10 Å². The molecule has 1 N–H and O–H groups in total. The maximum Gasteiger partial charge on any atom is 0.150 e. The highest BCUT2D eigenvalue weighted by atomic mass is 16.5. The zero-order chi connectivity index (χ0) is 24.7. The fourth-order valence-corrected chi connectivity index (χ4v) is 5.02. The van der Waals surface area contributed by atoms with Crippen molar-refractivity contribution in [3.63, 3.8) is 0 Å². The predicted molar refractivity (Wildman–Crippen MR) is 147 cm³/mol. The Hall–Kier alpha value is -3.41. The predicted octanol–water partition coefficient (Wildman–Crippen LogP) is 6.70. The normalized spacial score (nSPS) is 16.7. The van der Waals surface area contributed by atoms with Crippen molar-refractivity contribution in [2.45, 2.75) is 38.8 Å². The van der Waals surface area contributed by atoms with Crippen molar-refractivity contribution >= 4 is 22.0 Å². The van der Waals surface area contributed by atoms with Gasteiger partial charge in [0, 0.05) is 18.5 Å². The topological polar surface area (TPSA) is 48.3 Å². The first-order chi connectivity index (χ1) is 17.8. The maximum atomic E-state index is 6.01. The molecule has 1 aliphatic heterocycles. The molecule has 5 rings (SSSR count). The molecule has 1 unspecified atom stereocenters.